The summed E-state index contributed by atoms with van der Waals surface area (Å²) >= 11 is 5.48. The molecule has 1 aromatic carbocycles. The summed E-state index contributed by atoms with van der Waals surface area (Å²) in [5, 5.41) is 1.59. The molecular weight excluding hydrogens is 329 g/mol. The predicted octanol–water partition coefficient (Wildman–Crippen LogP) is 3.10. The molecule has 120 valence electrons. The number of sulfonamides is 1. The van der Waals surface area contributed by atoms with Crippen molar-refractivity contribution >= 4 is 27.3 Å². The molecule has 1 unspecified atom stereocenters. The molecule has 0 aromatic heterocycles. The van der Waals surface area contributed by atoms with Crippen molar-refractivity contribution in [2.75, 3.05) is 17.8 Å². The fourth-order valence-corrected chi connectivity index (χ4v) is 2.75. The van der Waals surface area contributed by atoms with Crippen molar-refractivity contribution < 1.29 is 21.6 Å². The first kappa shape index (κ1) is 18.1. The zero-order chi connectivity index (χ0) is 16.3. The van der Waals surface area contributed by atoms with Gasteiger partial charge in [-0.05, 0) is 31.7 Å². The van der Waals surface area contributed by atoms with Crippen molar-refractivity contribution in [1.29, 1.82) is 0 Å². The molecule has 0 fully saturated rings. The van der Waals surface area contributed by atoms with E-state index in [4.69, 9.17) is 11.6 Å². The minimum Gasteiger partial charge on any atom is -0.316 e. The second kappa shape index (κ2) is 6.85. The van der Waals surface area contributed by atoms with E-state index < -0.39 is 32.0 Å². The van der Waals surface area contributed by atoms with Gasteiger partial charge in [-0.25, -0.2) is 8.42 Å². The number of alkyl halides is 3. The van der Waals surface area contributed by atoms with Crippen molar-refractivity contribution in [2.45, 2.75) is 25.3 Å². The molecule has 0 heterocycles. The Morgan fingerprint density at radius 1 is 1.33 bits per heavy atom. The average molecular weight is 345 g/mol. The predicted molar refractivity (Wildman–Crippen MR) is 77.0 cm³/mol. The number of anilines is 1. The van der Waals surface area contributed by atoms with E-state index in [1.54, 1.807) is 0 Å². The molecule has 0 aliphatic rings. The molecule has 0 saturated heterocycles. The van der Waals surface area contributed by atoms with E-state index >= 15 is 0 Å². The highest BCUT2D eigenvalue weighted by Gasteiger charge is 2.33. The summed E-state index contributed by atoms with van der Waals surface area (Å²) < 4.78 is 64.3. The fourth-order valence-electron chi connectivity index (χ4n) is 1.53. The third kappa shape index (κ3) is 5.05. The molecule has 0 bridgehead atoms. The highest BCUT2D eigenvalue weighted by Crippen LogP contribution is 2.36. The van der Waals surface area contributed by atoms with Crippen LogP contribution in [0.3, 0.4) is 0 Å². The Labute approximate surface area is 126 Å². The molecule has 0 aliphatic heterocycles. The number of rotatable bonds is 6. The topological polar surface area (TPSA) is 58.2 Å². The van der Waals surface area contributed by atoms with Gasteiger partial charge in [0.25, 0.3) is 0 Å². The molecule has 9 heteroatoms. The fraction of sp³-hybridized carbons (Fsp3) is 0.500. The lowest BCUT2D eigenvalue weighted by atomic mass is 10.2. The Hall–Kier alpha value is -0.990. The van der Waals surface area contributed by atoms with Gasteiger partial charge in [0.1, 0.15) is 0 Å². The summed E-state index contributed by atoms with van der Waals surface area (Å²) in [5.41, 5.74) is -1.25. The molecule has 1 aromatic rings. The zero-order valence-electron chi connectivity index (χ0n) is 11.5. The van der Waals surface area contributed by atoms with Gasteiger partial charge in [0.2, 0.25) is 10.0 Å². The van der Waals surface area contributed by atoms with Crippen molar-refractivity contribution in [3.05, 3.63) is 28.8 Å². The molecule has 2 N–H and O–H groups in total. The molecule has 0 aliphatic carbocycles. The molecule has 0 radical (unpaired) electrons. The molecule has 0 saturated carbocycles. The van der Waals surface area contributed by atoms with Crippen LogP contribution in [0.2, 0.25) is 5.02 Å². The van der Waals surface area contributed by atoms with Gasteiger partial charge in [0.15, 0.2) is 0 Å². The first-order chi connectivity index (χ1) is 9.58. The minimum atomic E-state index is -4.64. The minimum absolute atomic E-state index is 0.171. The normalized spacial score (nSPS) is 14.0. The number of halogens is 4. The van der Waals surface area contributed by atoms with Crippen LogP contribution in [-0.4, -0.2) is 26.8 Å². The van der Waals surface area contributed by atoms with Crippen LogP contribution in [0.1, 0.15) is 19.4 Å². The Balaban J connectivity index is 2.98. The summed E-state index contributed by atoms with van der Waals surface area (Å²) in [5.74, 6) is 0. The maximum absolute atomic E-state index is 12.7. The van der Waals surface area contributed by atoms with Crippen molar-refractivity contribution in [3.63, 3.8) is 0 Å². The van der Waals surface area contributed by atoms with Gasteiger partial charge >= 0.3 is 6.18 Å². The van der Waals surface area contributed by atoms with Gasteiger partial charge in [0, 0.05) is 12.2 Å². The van der Waals surface area contributed by atoms with Gasteiger partial charge in [-0.15, -0.1) is 0 Å². The van der Waals surface area contributed by atoms with Gasteiger partial charge in [-0.3, -0.25) is 4.72 Å². The Kier molecular flexibility index (Phi) is 5.89. The average Bonchev–Trinajstić information content (AvgIpc) is 2.36. The summed E-state index contributed by atoms with van der Waals surface area (Å²) in [6.45, 7) is 4.08. The van der Waals surface area contributed by atoms with E-state index in [9.17, 15) is 21.6 Å². The van der Waals surface area contributed by atoms with E-state index in [2.05, 4.69) is 10.0 Å². The standard InChI is InChI=1S/C12H16ClF3N2O2S/c1-3-17-7-8(2)21(19,20)18-9-4-5-11(13)10(6-9)12(14,15)16/h4-6,8,17-18H,3,7H2,1-2H3. The van der Waals surface area contributed by atoms with Crippen LogP contribution >= 0.6 is 11.6 Å². The highest BCUT2D eigenvalue weighted by atomic mass is 35.5. The smallest absolute Gasteiger partial charge is 0.316 e. The summed E-state index contributed by atoms with van der Waals surface area (Å²) in [6, 6.07) is 2.88. The van der Waals surface area contributed by atoms with Gasteiger partial charge in [-0.2, -0.15) is 13.2 Å². The largest absolute Gasteiger partial charge is 0.417 e. The van der Waals surface area contributed by atoms with Crippen LogP contribution in [0.15, 0.2) is 18.2 Å². The lowest BCUT2D eigenvalue weighted by Crippen LogP contribution is -2.34. The lowest BCUT2D eigenvalue weighted by molar-refractivity contribution is -0.137. The van der Waals surface area contributed by atoms with Gasteiger partial charge < -0.3 is 5.32 Å². The Bertz CT molecular complexity index is 591. The van der Waals surface area contributed by atoms with Crippen LogP contribution in [0.5, 0.6) is 0 Å². The SMILES string of the molecule is CCNCC(C)S(=O)(=O)Nc1ccc(Cl)c(C(F)(F)F)c1. The molecule has 0 amide bonds. The van der Waals surface area contributed by atoms with Crippen LogP contribution in [0, 0.1) is 0 Å². The number of nitrogens with one attached hydrogen (secondary N) is 2. The maximum atomic E-state index is 12.7. The van der Waals surface area contributed by atoms with Gasteiger partial charge in [-0.1, -0.05) is 18.5 Å². The third-order valence-electron chi connectivity index (χ3n) is 2.74. The van der Waals surface area contributed by atoms with E-state index in [0.29, 0.717) is 12.6 Å². The number of hydrogen-bond donors (Lipinski definition) is 2. The molecule has 1 atom stereocenters. The lowest BCUT2D eigenvalue weighted by Gasteiger charge is -2.16. The molecule has 0 spiro atoms. The van der Waals surface area contributed by atoms with Crippen molar-refractivity contribution in [1.82, 2.24) is 5.32 Å². The second-order valence-electron chi connectivity index (χ2n) is 4.46. The first-order valence-electron chi connectivity index (χ1n) is 6.17. The summed E-state index contributed by atoms with van der Waals surface area (Å²) in [7, 11) is -3.78. The van der Waals surface area contributed by atoms with Crippen LogP contribution in [0.4, 0.5) is 18.9 Å². The van der Waals surface area contributed by atoms with E-state index in [-0.39, 0.29) is 12.2 Å². The van der Waals surface area contributed by atoms with Crippen LogP contribution in [-0.2, 0) is 16.2 Å². The third-order valence-corrected chi connectivity index (χ3v) is 4.82. The molecule has 1 rings (SSSR count). The van der Waals surface area contributed by atoms with Crippen molar-refractivity contribution in [3.8, 4) is 0 Å². The van der Waals surface area contributed by atoms with Gasteiger partial charge in [0.05, 0.1) is 15.8 Å². The van der Waals surface area contributed by atoms with Crippen LogP contribution < -0.4 is 10.0 Å². The summed E-state index contributed by atoms with van der Waals surface area (Å²) in [6.07, 6.45) is -4.64. The number of benzene rings is 1. The Morgan fingerprint density at radius 2 is 1.95 bits per heavy atom. The van der Waals surface area contributed by atoms with Crippen LogP contribution in [0.25, 0.3) is 0 Å². The Morgan fingerprint density at radius 3 is 2.48 bits per heavy atom. The summed E-state index contributed by atoms with van der Waals surface area (Å²) in [4.78, 5) is 0. The first-order valence-corrected chi connectivity index (χ1v) is 8.09. The highest BCUT2D eigenvalue weighted by molar-refractivity contribution is 7.93. The zero-order valence-corrected chi connectivity index (χ0v) is 13.0. The monoisotopic (exact) mass is 344 g/mol. The number of hydrogen-bond acceptors (Lipinski definition) is 3. The molecule has 4 nitrogen and oxygen atoms in total. The molecule has 21 heavy (non-hydrogen) atoms. The second-order valence-corrected chi connectivity index (χ2v) is 6.96. The van der Waals surface area contributed by atoms with Crippen molar-refractivity contribution in [2.24, 2.45) is 0 Å². The maximum Gasteiger partial charge on any atom is 0.417 e. The quantitative estimate of drug-likeness (QED) is 0.833. The van der Waals surface area contributed by atoms with E-state index in [0.717, 1.165) is 6.07 Å². The van der Waals surface area contributed by atoms with E-state index in [1.807, 2.05) is 6.92 Å². The molecular formula is C12H16ClF3N2O2S. The van der Waals surface area contributed by atoms with E-state index in [1.165, 1.54) is 13.0 Å².